The third-order valence-corrected chi connectivity index (χ3v) is 5.76. The van der Waals surface area contributed by atoms with E-state index in [1.807, 2.05) is 41.8 Å². The van der Waals surface area contributed by atoms with Gasteiger partial charge in [0.1, 0.15) is 0 Å². The lowest BCUT2D eigenvalue weighted by Crippen LogP contribution is -2.41. The van der Waals surface area contributed by atoms with Crippen molar-refractivity contribution in [3.05, 3.63) is 65.9 Å². The lowest BCUT2D eigenvalue weighted by Gasteiger charge is -2.30. The second kappa shape index (κ2) is 7.80. The largest absolute Gasteiger partial charge is 0.459 e. The molecule has 1 aliphatic heterocycles. The predicted octanol–water partition coefficient (Wildman–Crippen LogP) is 4.50. The summed E-state index contributed by atoms with van der Waals surface area (Å²) in [6, 6.07) is 15.3. The lowest BCUT2D eigenvalue weighted by molar-refractivity contribution is -0.121. The zero-order valence-electron chi connectivity index (χ0n) is 14.8. The van der Waals surface area contributed by atoms with Gasteiger partial charge in [0.25, 0.3) is 5.91 Å². The number of para-hydroxylation sites is 1. The highest BCUT2D eigenvalue weighted by Gasteiger charge is 2.29. The standard InChI is InChI=1S/C21H20N2O3S/c24-20(22-17-6-2-1-5-16(17)19-8-4-14-27-19)15-9-11-23(12-10-15)21(25)18-7-3-13-26-18/h1-8,13-15H,9-12H2,(H,22,24). The molecule has 138 valence electrons. The molecule has 0 bridgehead atoms. The number of nitrogens with one attached hydrogen (secondary N) is 1. The minimum absolute atomic E-state index is 0.0177. The Hall–Kier alpha value is -2.86. The molecule has 1 N–H and O–H groups in total. The van der Waals surface area contributed by atoms with Gasteiger partial charge in [0, 0.05) is 35.1 Å². The number of rotatable bonds is 4. The Kier molecular flexibility index (Phi) is 5.07. The molecule has 2 aromatic heterocycles. The van der Waals surface area contributed by atoms with Gasteiger partial charge in [0.15, 0.2) is 5.76 Å². The van der Waals surface area contributed by atoms with E-state index in [4.69, 9.17) is 4.42 Å². The number of amides is 2. The van der Waals surface area contributed by atoms with Gasteiger partial charge in [-0.2, -0.15) is 0 Å². The highest BCUT2D eigenvalue weighted by molar-refractivity contribution is 7.13. The van der Waals surface area contributed by atoms with Gasteiger partial charge in [0.2, 0.25) is 5.91 Å². The van der Waals surface area contributed by atoms with Gasteiger partial charge < -0.3 is 14.6 Å². The van der Waals surface area contributed by atoms with Crippen LogP contribution in [0.3, 0.4) is 0 Å². The van der Waals surface area contributed by atoms with E-state index in [1.54, 1.807) is 28.4 Å². The number of anilines is 1. The molecule has 1 aromatic carbocycles. The zero-order valence-corrected chi connectivity index (χ0v) is 15.6. The molecule has 3 heterocycles. The normalized spacial score (nSPS) is 14.9. The molecule has 3 aromatic rings. The number of thiophene rings is 1. The van der Waals surface area contributed by atoms with Crippen LogP contribution in [0.2, 0.25) is 0 Å². The number of carbonyl (C=O) groups is 2. The van der Waals surface area contributed by atoms with Crippen LogP contribution in [0.5, 0.6) is 0 Å². The molecule has 5 nitrogen and oxygen atoms in total. The van der Waals surface area contributed by atoms with Gasteiger partial charge in [-0.05, 0) is 42.5 Å². The van der Waals surface area contributed by atoms with Crippen LogP contribution >= 0.6 is 11.3 Å². The van der Waals surface area contributed by atoms with Crippen molar-refractivity contribution in [3.8, 4) is 10.4 Å². The van der Waals surface area contributed by atoms with E-state index in [1.165, 1.54) is 6.26 Å². The van der Waals surface area contributed by atoms with Crippen LogP contribution in [0.15, 0.2) is 64.6 Å². The minimum Gasteiger partial charge on any atom is -0.459 e. The van der Waals surface area contributed by atoms with Crippen LogP contribution in [-0.4, -0.2) is 29.8 Å². The second-order valence-electron chi connectivity index (χ2n) is 6.56. The number of carbonyl (C=O) groups excluding carboxylic acids is 2. The van der Waals surface area contributed by atoms with E-state index in [0.717, 1.165) is 16.1 Å². The van der Waals surface area contributed by atoms with Gasteiger partial charge in [-0.25, -0.2) is 0 Å². The van der Waals surface area contributed by atoms with Crippen molar-refractivity contribution < 1.29 is 14.0 Å². The van der Waals surface area contributed by atoms with Crippen LogP contribution in [0.25, 0.3) is 10.4 Å². The van der Waals surface area contributed by atoms with E-state index >= 15 is 0 Å². The Morgan fingerprint density at radius 1 is 1.04 bits per heavy atom. The fourth-order valence-electron chi connectivity index (χ4n) is 3.37. The summed E-state index contributed by atoms with van der Waals surface area (Å²) in [5.41, 5.74) is 1.87. The first-order valence-corrected chi connectivity index (χ1v) is 9.87. The summed E-state index contributed by atoms with van der Waals surface area (Å²) < 4.78 is 5.18. The van der Waals surface area contributed by atoms with Gasteiger partial charge >= 0.3 is 0 Å². The van der Waals surface area contributed by atoms with Gasteiger partial charge in [-0.3, -0.25) is 9.59 Å². The van der Waals surface area contributed by atoms with Crippen LogP contribution in [0.4, 0.5) is 5.69 Å². The maximum Gasteiger partial charge on any atom is 0.289 e. The van der Waals surface area contributed by atoms with Crippen molar-refractivity contribution >= 4 is 28.8 Å². The summed E-state index contributed by atoms with van der Waals surface area (Å²) in [6.45, 7) is 1.12. The molecule has 0 spiro atoms. The van der Waals surface area contributed by atoms with Crippen molar-refractivity contribution in [1.29, 1.82) is 0 Å². The van der Waals surface area contributed by atoms with Crippen molar-refractivity contribution in [3.63, 3.8) is 0 Å². The first-order valence-electron chi connectivity index (χ1n) is 8.99. The van der Waals surface area contributed by atoms with E-state index in [0.29, 0.717) is 31.7 Å². The highest BCUT2D eigenvalue weighted by Crippen LogP contribution is 2.32. The quantitative estimate of drug-likeness (QED) is 0.725. The summed E-state index contributed by atoms with van der Waals surface area (Å²) in [4.78, 5) is 28.0. The summed E-state index contributed by atoms with van der Waals surface area (Å²) in [5, 5.41) is 5.11. The molecule has 6 heteroatoms. The molecule has 1 saturated heterocycles. The number of hydrogen-bond acceptors (Lipinski definition) is 4. The molecule has 0 radical (unpaired) electrons. The summed E-state index contributed by atoms with van der Waals surface area (Å²) in [5.74, 6) is 0.163. The van der Waals surface area contributed by atoms with Crippen LogP contribution < -0.4 is 5.32 Å². The maximum absolute atomic E-state index is 12.8. The third kappa shape index (κ3) is 3.80. The average molecular weight is 380 g/mol. The molecule has 27 heavy (non-hydrogen) atoms. The van der Waals surface area contributed by atoms with Crippen molar-refractivity contribution in [2.75, 3.05) is 18.4 Å². The Balaban J connectivity index is 1.39. The number of benzene rings is 1. The fraction of sp³-hybridized carbons (Fsp3) is 0.238. The Morgan fingerprint density at radius 2 is 1.85 bits per heavy atom. The van der Waals surface area contributed by atoms with Crippen molar-refractivity contribution in [2.45, 2.75) is 12.8 Å². The van der Waals surface area contributed by atoms with Crippen molar-refractivity contribution in [1.82, 2.24) is 4.90 Å². The summed E-state index contributed by atoms with van der Waals surface area (Å²) >= 11 is 1.65. The molecule has 0 saturated carbocycles. The van der Waals surface area contributed by atoms with E-state index in [2.05, 4.69) is 5.32 Å². The number of hydrogen-bond donors (Lipinski definition) is 1. The van der Waals surface area contributed by atoms with Crippen LogP contribution in [-0.2, 0) is 4.79 Å². The van der Waals surface area contributed by atoms with E-state index < -0.39 is 0 Å². The number of likely N-dealkylation sites (tertiary alicyclic amines) is 1. The average Bonchev–Trinajstić information content (AvgIpc) is 3.42. The third-order valence-electron chi connectivity index (χ3n) is 4.86. The first-order chi connectivity index (χ1) is 13.2. The smallest absolute Gasteiger partial charge is 0.289 e. The maximum atomic E-state index is 12.8. The van der Waals surface area contributed by atoms with Gasteiger partial charge in [-0.15, -0.1) is 11.3 Å². The minimum atomic E-state index is -0.109. The van der Waals surface area contributed by atoms with Crippen molar-refractivity contribution in [2.24, 2.45) is 5.92 Å². The SMILES string of the molecule is O=C(Nc1ccccc1-c1cccs1)C1CCN(C(=O)c2ccco2)CC1. The Morgan fingerprint density at radius 3 is 2.56 bits per heavy atom. The molecular formula is C21H20N2O3S. The second-order valence-corrected chi connectivity index (χ2v) is 7.50. The van der Waals surface area contributed by atoms with E-state index in [-0.39, 0.29) is 17.7 Å². The van der Waals surface area contributed by atoms with E-state index in [9.17, 15) is 9.59 Å². The molecule has 0 atom stereocenters. The molecule has 2 amide bonds. The first kappa shape index (κ1) is 17.5. The summed E-state index contributed by atoms with van der Waals surface area (Å²) in [6.07, 6.45) is 2.80. The topological polar surface area (TPSA) is 62.6 Å². The Bertz CT molecular complexity index is 911. The van der Waals surface area contributed by atoms with Gasteiger partial charge in [0.05, 0.1) is 6.26 Å². The lowest BCUT2D eigenvalue weighted by atomic mass is 9.95. The molecule has 0 aliphatic carbocycles. The Labute approximate surface area is 161 Å². The monoisotopic (exact) mass is 380 g/mol. The summed E-state index contributed by atoms with van der Waals surface area (Å²) in [7, 11) is 0. The van der Waals surface area contributed by atoms with Crippen LogP contribution in [0.1, 0.15) is 23.4 Å². The molecule has 1 aliphatic rings. The predicted molar refractivity (Wildman–Crippen MR) is 106 cm³/mol. The number of furan rings is 1. The molecule has 1 fully saturated rings. The fourth-order valence-corrected chi connectivity index (χ4v) is 4.14. The van der Waals surface area contributed by atoms with Crippen LogP contribution in [0, 0.1) is 5.92 Å². The highest BCUT2D eigenvalue weighted by atomic mass is 32.1. The molecule has 0 unspecified atom stereocenters. The molecule has 4 rings (SSSR count). The number of piperidine rings is 1. The van der Waals surface area contributed by atoms with Gasteiger partial charge in [-0.1, -0.05) is 24.3 Å². The zero-order chi connectivity index (χ0) is 18.6. The number of nitrogens with zero attached hydrogens (tertiary/aromatic N) is 1. The molecular weight excluding hydrogens is 360 g/mol.